The molecule has 2 N–H and O–H groups in total. The summed E-state index contributed by atoms with van der Waals surface area (Å²) < 4.78 is 24.6. The second-order valence-electron chi connectivity index (χ2n) is 4.08. The Balaban J connectivity index is 2.69. The molecular formula is C14H22FNO2. The number of nitrogens with two attached hydrogens (primary N) is 1. The van der Waals surface area contributed by atoms with E-state index in [1.165, 1.54) is 6.07 Å². The highest BCUT2D eigenvalue weighted by Gasteiger charge is 2.21. The Morgan fingerprint density at radius 3 is 2.56 bits per heavy atom. The fourth-order valence-electron chi connectivity index (χ4n) is 1.74. The fraction of sp³-hybridized carbons (Fsp3) is 0.571. The molecule has 3 nitrogen and oxygen atoms in total. The minimum atomic E-state index is -0.420. The number of hydrogen-bond acceptors (Lipinski definition) is 3. The Morgan fingerprint density at radius 1 is 1.22 bits per heavy atom. The van der Waals surface area contributed by atoms with Gasteiger partial charge in [0.05, 0.1) is 13.2 Å². The van der Waals surface area contributed by atoms with Crippen molar-refractivity contribution in [2.24, 2.45) is 5.73 Å². The van der Waals surface area contributed by atoms with Gasteiger partial charge in [0.1, 0.15) is 11.9 Å². The van der Waals surface area contributed by atoms with Crippen LogP contribution in [0.1, 0.15) is 31.9 Å². The van der Waals surface area contributed by atoms with Crippen molar-refractivity contribution >= 4 is 0 Å². The second kappa shape index (κ2) is 8.19. The highest BCUT2D eigenvalue weighted by Crippen LogP contribution is 2.24. The summed E-state index contributed by atoms with van der Waals surface area (Å²) in [6.45, 7) is 5.45. The van der Waals surface area contributed by atoms with Gasteiger partial charge in [-0.05, 0) is 19.4 Å². The van der Waals surface area contributed by atoms with Crippen LogP contribution in [0, 0.1) is 5.82 Å². The zero-order valence-corrected chi connectivity index (χ0v) is 11.1. The predicted octanol–water partition coefficient (Wildman–Crippen LogP) is 2.66. The molecule has 0 aromatic heterocycles. The molecule has 0 aliphatic heterocycles. The summed E-state index contributed by atoms with van der Waals surface area (Å²) in [5.74, 6) is -0.275. The molecule has 0 radical (unpaired) electrons. The zero-order chi connectivity index (χ0) is 13.4. The first kappa shape index (κ1) is 15.1. The summed E-state index contributed by atoms with van der Waals surface area (Å²) in [7, 11) is 0. The van der Waals surface area contributed by atoms with E-state index < -0.39 is 6.10 Å². The quantitative estimate of drug-likeness (QED) is 0.726. The summed E-state index contributed by atoms with van der Waals surface area (Å²) in [4.78, 5) is 0. The van der Waals surface area contributed by atoms with Gasteiger partial charge in [-0.15, -0.1) is 0 Å². The van der Waals surface area contributed by atoms with E-state index in [4.69, 9.17) is 15.2 Å². The van der Waals surface area contributed by atoms with Crippen molar-refractivity contribution < 1.29 is 13.9 Å². The molecule has 0 saturated heterocycles. The van der Waals surface area contributed by atoms with E-state index in [1.807, 2.05) is 13.8 Å². The van der Waals surface area contributed by atoms with E-state index in [0.717, 1.165) is 6.42 Å². The topological polar surface area (TPSA) is 44.5 Å². The van der Waals surface area contributed by atoms with Crippen LogP contribution in [-0.2, 0) is 9.47 Å². The Labute approximate surface area is 108 Å². The smallest absolute Gasteiger partial charge is 0.129 e. The average molecular weight is 255 g/mol. The zero-order valence-electron chi connectivity index (χ0n) is 11.1. The Hall–Kier alpha value is -0.970. The average Bonchev–Trinajstić information content (AvgIpc) is 2.39. The lowest BCUT2D eigenvalue weighted by Gasteiger charge is -2.24. The van der Waals surface area contributed by atoms with Gasteiger partial charge in [0.2, 0.25) is 0 Å². The molecule has 0 fully saturated rings. The Morgan fingerprint density at radius 2 is 1.94 bits per heavy atom. The van der Waals surface area contributed by atoms with Gasteiger partial charge in [-0.1, -0.05) is 25.1 Å². The van der Waals surface area contributed by atoms with Gasteiger partial charge in [-0.3, -0.25) is 0 Å². The molecular weight excluding hydrogens is 233 g/mol. The number of hydrogen-bond donors (Lipinski definition) is 1. The molecule has 0 amide bonds. The molecule has 0 spiro atoms. The summed E-state index contributed by atoms with van der Waals surface area (Å²) >= 11 is 0. The highest BCUT2D eigenvalue weighted by molar-refractivity contribution is 5.21. The maximum absolute atomic E-state index is 13.7. The summed E-state index contributed by atoms with van der Waals surface area (Å²) in [6.07, 6.45) is 0.310. The molecule has 1 aromatic rings. The standard InChI is InChI=1S/C14H22FNO2/c1-3-13(16)14(18-10-9-17-4-2)11-7-5-6-8-12(11)15/h5-8,13-14H,3-4,9-10,16H2,1-2H3. The van der Waals surface area contributed by atoms with E-state index in [0.29, 0.717) is 25.4 Å². The number of halogens is 1. The molecule has 1 rings (SSSR count). The molecule has 0 heterocycles. The van der Waals surface area contributed by atoms with Gasteiger partial charge in [-0.25, -0.2) is 4.39 Å². The van der Waals surface area contributed by atoms with Gasteiger partial charge >= 0.3 is 0 Å². The van der Waals surface area contributed by atoms with Crippen LogP contribution >= 0.6 is 0 Å². The summed E-state index contributed by atoms with van der Waals surface area (Å²) in [6, 6.07) is 6.38. The monoisotopic (exact) mass is 255 g/mol. The predicted molar refractivity (Wildman–Crippen MR) is 69.9 cm³/mol. The SMILES string of the molecule is CCOCCOC(c1ccccc1F)C(N)CC. The van der Waals surface area contributed by atoms with Crippen molar-refractivity contribution in [3.8, 4) is 0 Å². The van der Waals surface area contributed by atoms with Crippen LogP contribution in [0.25, 0.3) is 0 Å². The van der Waals surface area contributed by atoms with Crippen LogP contribution in [0.5, 0.6) is 0 Å². The molecule has 0 bridgehead atoms. The molecule has 102 valence electrons. The van der Waals surface area contributed by atoms with E-state index in [9.17, 15) is 4.39 Å². The fourth-order valence-corrected chi connectivity index (χ4v) is 1.74. The summed E-state index contributed by atoms with van der Waals surface area (Å²) in [5.41, 5.74) is 6.52. The van der Waals surface area contributed by atoms with E-state index >= 15 is 0 Å². The van der Waals surface area contributed by atoms with Crippen molar-refractivity contribution in [3.63, 3.8) is 0 Å². The third-order valence-corrected chi connectivity index (χ3v) is 2.80. The molecule has 2 atom stereocenters. The van der Waals surface area contributed by atoms with Crippen molar-refractivity contribution in [2.75, 3.05) is 19.8 Å². The third kappa shape index (κ3) is 4.37. The first-order valence-electron chi connectivity index (χ1n) is 6.40. The molecule has 2 unspecified atom stereocenters. The first-order chi connectivity index (χ1) is 8.70. The van der Waals surface area contributed by atoms with Crippen LogP contribution < -0.4 is 5.73 Å². The van der Waals surface area contributed by atoms with Gasteiger partial charge in [0.15, 0.2) is 0 Å². The minimum absolute atomic E-state index is 0.219. The lowest BCUT2D eigenvalue weighted by atomic mass is 10.0. The molecule has 1 aromatic carbocycles. The largest absolute Gasteiger partial charge is 0.379 e. The van der Waals surface area contributed by atoms with Crippen molar-refractivity contribution in [2.45, 2.75) is 32.4 Å². The first-order valence-corrected chi connectivity index (χ1v) is 6.40. The summed E-state index contributed by atoms with van der Waals surface area (Å²) in [5, 5.41) is 0. The normalized spacial score (nSPS) is 14.4. The van der Waals surface area contributed by atoms with Gasteiger partial charge in [0, 0.05) is 18.2 Å². The molecule has 0 aliphatic rings. The molecule has 0 saturated carbocycles. The van der Waals surface area contributed by atoms with E-state index in [1.54, 1.807) is 18.2 Å². The van der Waals surface area contributed by atoms with Crippen molar-refractivity contribution in [1.29, 1.82) is 0 Å². The van der Waals surface area contributed by atoms with Crippen molar-refractivity contribution in [1.82, 2.24) is 0 Å². The van der Waals surface area contributed by atoms with Crippen LogP contribution in [0.4, 0.5) is 4.39 Å². The molecule has 18 heavy (non-hydrogen) atoms. The Kier molecular flexibility index (Phi) is 6.86. The Bertz CT molecular complexity index is 346. The number of rotatable bonds is 8. The van der Waals surface area contributed by atoms with Crippen molar-refractivity contribution in [3.05, 3.63) is 35.6 Å². The minimum Gasteiger partial charge on any atom is -0.379 e. The van der Waals surface area contributed by atoms with Crippen LogP contribution in [0.3, 0.4) is 0 Å². The maximum Gasteiger partial charge on any atom is 0.129 e. The lowest BCUT2D eigenvalue weighted by Crippen LogP contribution is -2.31. The van der Waals surface area contributed by atoms with Gasteiger partial charge < -0.3 is 15.2 Å². The number of ether oxygens (including phenoxy) is 2. The molecule has 4 heteroatoms. The molecule has 0 aliphatic carbocycles. The third-order valence-electron chi connectivity index (χ3n) is 2.80. The van der Waals surface area contributed by atoms with E-state index in [-0.39, 0.29) is 11.9 Å². The van der Waals surface area contributed by atoms with Gasteiger partial charge in [-0.2, -0.15) is 0 Å². The number of benzene rings is 1. The van der Waals surface area contributed by atoms with Crippen LogP contribution in [0.2, 0.25) is 0 Å². The highest BCUT2D eigenvalue weighted by atomic mass is 19.1. The lowest BCUT2D eigenvalue weighted by molar-refractivity contribution is -0.00698. The van der Waals surface area contributed by atoms with Gasteiger partial charge in [0.25, 0.3) is 0 Å². The van der Waals surface area contributed by atoms with E-state index in [2.05, 4.69) is 0 Å². The maximum atomic E-state index is 13.7. The van der Waals surface area contributed by atoms with Crippen LogP contribution in [-0.4, -0.2) is 25.9 Å². The second-order valence-corrected chi connectivity index (χ2v) is 4.08. The van der Waals surface area contributed by atoms with Crippen LogP contribution in [0.15, 0.2) is 24.3 Å².